The van der Waals surface area contributed by atoms with Crippen molar-refractivity contribution in [2.45, 2.75) is 24.7 Å². The summed E-state index contributed by atoms with van der Waals surface area (Å²) in [6, 6.07) is 10.7. The maximum atomic E-state index is 12.7. The number of rotatable bonds is 5. The second kappa shape index (κ2) is 8.32. The van der Waals surface area contributed by atoms with E-state index in [4.69, 9.17) is 11.6 Å². The lowest BCUT2D eigenvalue weighted by molar-refractivity contribution is -0.113. The van der Waals surface area contributed by atoms with Gasteiger partial charge in [0, 0.05) is 29.4 Å². The Morgan fingerprint density at radius 3 is 2.36 bits per heavy atom. The van der Waals surface area contributed by atoms with Gasteiger partial charge < -0.3 is 10.2 Å². The van der Waals surface area contributed by atoms with E-state index in [1.807, 2.05) is 0 Å². The van der Waals surface area contributed by atoms with Crippen molar-refractivity contribution in [3.05, 3.63) is 58.6 Å². The largest absolute Gasteiger partial charge is 0.339 e. The molecule has 1 fully saturated rings. The molecule has 0 unspecified atom stereocenters. The lowest BCUT2D eigenvalue weighted by atomic mass is 10.1. The Bertz CT molecular complexity index is 997. The number of hydrogen-bond donors (Lipinski definition) is 1. The van der Waals surface area contributed by atoms with Crippen LogP contribution in [0.15, 0.2) is 47.4 Å². The SMILES string of the molecule is Cc1c(NC(=O)CS(=O)(=O)c2ccc(Cl)cc2)cccc1C(=O)N1CCCC1. The third-order valence-electron chi connectivity index (χ3n) is 4.73. The molecule has 0 bridgehead atoms. The van der Waals surface area contributed by atoms with Crippen LogP contribution in [0.5, 0.6) is 0 Å². The summed E-state index contributed by atoms with van der Waals surface area (Å²) in [6.07, 6.45) is 1.98. The number of carbonyl (C=O) groups excluding carboxylic acids is 2. The first-order valence-electron chi connectivity index (χ1n) is 8.95. The van der Waals surface area contributed by atoms with E-state index in [1.54, 1.807) is 30.0 Å². The summed E-state index contributed by atoms with van der Waals surface area (Å²) in [7, 11) is -3.79. The maximum absolute atomic E-state index is 12.7. The molecule has 0 saturated carbocycles. The second-order valence-corrected chi connectivity index (χ2v) is 9.16. The van der Waals surface area contributed by atoms with E-state index in [2.05, 4.69) is 5.32 Å². The van der Waals surface area contributed by atoms with Crippen molar-refractivity contribution in [3.8, 4) is 0 Å². The van der Waals surface area contributed by atoms with Crippen LogP contribution in [0.2, 0.25) is 5.02 Å². The van der Waals surface area contributed by atoms with Gasteiger partial charge in [-0.05, 0) is 61.7 Å². The molecule has 0 radical (unpaired) electrons. The quantitative estimate of drug-likeness (QED) is 0.804. The van der Waals surface area contributed by atoms with Crippen LogP contribution in [-0.4, -0.2) is 44.0 Å². The second-order valence-electron chi connectivity index (χ2n) is 6.74. The molecule has 2 amide bonds. The third-order valence-corrected chi connectivity index (χ3v) is 6.61. The summed E-state index contributed by atoms with van der Waals surface area (Å²) < 4.78 is 24.8. The Labute approximate surface area is 169 Å². The van der Waals surface area contributed by atoms with Crippen LogP contribution in [-0.2, 0) is 14.6 Å². The highest BCUT2D eigenvalue weighted by atomic mass is 35.5. The first-order chi connectivity index (χ1) is 13.3. The van der Waals surface area contributed by atoms with Gasteiger partial charge >= 0.3 is 0 Å². The number of halogens is 1. The molecule has 28 heavy (non-hydrogen) atoms. The molecule has 0 atom stereocenters. The van der Waals surface area contributed by atoms with Crippen LogP contribution in [0.3, 0.4) is 0 Å². The Morgan fingerprint density at radius 1 is 1.07 bits per heavy atom. The molecule has 1 heterocycles. The van der Waals surface area contributed by atoms with E-state index in [1.165, 1.54) is 24.3 Å². The molecule has 1 saturated heterocycles. The van der Waals surface area contributed by atoms with Gasteiger partial charge in [0.05, 0.1) is 4.90 Å². The fourth-order valence-electron chi connectivity index (χ4n) is 3.18. The molecule has 1 N–H and O–H groups in total. The highest BCUT2D eigenvalue weighted by Crippen LogP contribution is 2.23. The van der Waals surface area contributed by atoms with Crippen LogP contribution in [0.4, 0.5) is 5.69 Å². The average Bonchev–Trinajstić information content (AvgIpc) is 3.17. The summed E-state index contributed by atoms with van der Waals surface area (Å²) in [5, 5.41) is 3.03. The van der Waals surface area contributed by atoms with E-state index in [0.29, 0.717) is 21.8 Å². The highest BCUT2D eigenvalue weighted by Gasteiger charge is 2.23. The number of anilines is 1. The van der Waals surface area contributed by atoms with Crippen molar-refractivity contribution < 1.29 is 18.0 Å². The normalized spacial score (nSPS) is 14.1. The number of sulfone groups is 1. The fraction of sp³-hybridized carbons (Fsp3) is 0.300. The van der Waals surface area contributed by atoms with Crippen molar-refractivity contribution in [1.29, 1.82) is 0 Å². The topological polar surface area (TPSA) is 83.5 Å². The number of nitrogens with zero attached hydrogens (tertiary/aromatic N) is 1. The molecule has 0 aliphatic carbocycles. The minimum absolute atomic E-state index is 0.0294. The van der Waals surface area contributed by atoms with E-state index in [-0.39, 0.29) is 10.8 Å². The van der Waals surface area contributed by atoms with Crippen molar-refractivity contribution in [2.75, 3.05) is 24.2 Å². The minimum atomic E-state index is -3.79. The number of benzene rings is 2. The van der Waals surface area contributed by atoms with Gasteiger partial charge in [-0.25, -0.2) is 8.42 Å². The summed E-state index contributed by atoms with van der Waals surface area (Å²) in [4.78, 5) is 26.8. The predicted octanol–water partition coefficient (Wildman–Crippen LogP) is 3.30. The number of carbonyl (C=O) groups is 2. The molecule has 6 nitrogen and oxygen atoms in total. The third kappa shape index (κ3) is 4.54. The zero-order valence-corrected chi connectivity index (χ0v) is 17.0. The van der Waals surface area contributed by atoms with Gasteiger partial charge in [-0.15, -0.1) is 0 Å². The Hall–Kier alpha value is -2.38. The molecule has 2 aromatic rings. The number of amides is 2. The first kappa shape index (κ1) is 20.4. The zero-order valence-electron chi connectivity index (χ0n) is 15.4. The van der Waals surface area contributed by atoms with Gasteiger partial charge in [-0.2, -0.15) is 0 Å². The van der Waals surface area contributed by atoms with Crippen molar-refractivity contribution in [2.24, 2.45) is 0 Å². The van der Waals surface area contributed by atoms with E-state index >= 15 is 0 Å². The van der Waals surface area contributed by atoms with Crippen LogP contribution in [0.1, 0.15) is 28.8 Å². The molecule has 1 aliphatic heterocycles. The molecule has 0 spiro atoms. The van der Waals surface area contributed by atoms with Gasteiger partial charge in [0.25, 0.3) is 5.91 Å². The molecule has 2 aromatic carbocycles. The van der Waals surface area contributed by atoms with Gasteiger partial charge in [0.2, 0.25) is 5.91 Å². The molecule has 3 rings (SSSR count). The van der Waals surface area contributed by atoms with Crippen LogP contribution < -0.4 is 5.32 Å². The minimum Gasteiger partial charge on any atom is -0.339 e. The number of likely N-dealkylation sites (tertiary alicyclic amines) is 1. The van der Waals surface area contributed by atoms with Crippen molar-refractivity contribution in [1.82, 2.24) is 4.90 Å². The summed E-state index contributed by atoms with van der Waals surface area (Å²) in [6.45, 7) is 3.20. The molecular weight excluding hydrogens is 400 g/mol. The van der Waals surface area contributed by atoms with Gasteiger partial charge in [0.15, 0.2) is 9.84 Å². The fourth-order valence-corrected chi connectivity index (χ4v) is 4.44. The predicted molar refractivity (Wildman–Crippen MR) is 108 cm³/mol. The van der Waals surface area contributed by atoms with Gasteiger partial charge in [0.1, 0.15) is 5.75 Å². The molecule has 0 aromatic heterocycles. The van der Waals surface area contributed by atoms with E-state index in [9.17, 15) is 18.0 Å². The smallest absolute Gasteiger partial charge is 0.254 e. The summed E-state index contributed by atoms with van der Waals surface area (Å²) >= 11 is 5.77. The molecule has 8 heteroatoms. The Morgan fingerprint density at radius 2 is 1.71 bits per heavy atom. The summed E-state index contributed by atoms with van der Waals surface area (Å²) in [5.41, 5.74) is 1.57. The number of nitrogens with one attached hydrogen (secondary N) is 1. The van der Waals surface area contributed by atoms with Crippen LogP contribution in [0, 0.1) is 6.92 Å². The lowest BCUT2D eigenvalue weighted by Gasteiger charge is -2.18. The van der Waals surface area contributed by atoms with Crippen LogP contribution in [0.25, 0.3) is 0 Å². The monoisotopic (exact) mass is 420 g/mol. The number of hydrogen-bond acceptors (Lipinski definition) is 4. The Kier molecular flexibility index (Phi) is 6.05. The molecular formula is C20H21ClN2O4S. The van der Waals surface area contributed by atoms with Crippen LogP contribution >= 0.6 is 11.6 Å². The van der Waals surface area contributed by atoms with Crippen molar-refractivity contribution in [3.63, 3.8) is 0 Å². The molecule has 1 aliphatic rings. The van der Waals surface area contributed by atoms with E-state index < -0.39 is 21.5 Å². The van der Waals surface area contributed by atoms with Crippen molar-refractivity contribution >= 4 is 38.9 Å². The maximum Gasteiger partial charge on any atom is 0.254 e. The lowest BCUT2D eigenvalue weighted by Crippen LogP contribution is -2.29. The van der Waals surface area contributed by atoms with Gasteiger partial charge in [-0.3, -0.25) is 9.59 Å². The average molecular weight is 421 g/mol. The van der Waals surface area contributed by atoms with Gasteiger partial charge in [-0.1, -0.05) is 17.7 Å². The Balaban J connectivity index is 1.74. The highest BCUT2D eigenvalue weighted by molar-refractivity contribution is 7.92. The van der Waals surface area contributed by atoms with E-state index in [0.717, 1.165) is 25.9 Å². The standard InChI is InChI=1S/C20H21ClN2O4S/c1-14-17(20(25)23-11-2-3-12-23)5-4-6-18(14)22-19(24)13-28(26,27)16-9-7-15(21)8-10-16/h4-10H,2-3,11-13H2,1H3,(H,22,24). The summed E-state index contributed by atoms with van der Waals surface area (Å²) in [5.74, 6) is -1.43. The molecule has 148 valence electrons. The first-order valence-corrected chi connectivity index (χ1v) is 11.0. The zero-order chi connectivity index (χ0) is 20.3.